The van der Waals surface area contributed by atoms with Crippen LogP contribution in [0.5, 0.6) is 0 Å². The second-order valence-corrected chi connectivity index (χ2v) is 1.42. The van der Waals surface area contributed by atoms with Gasteiger partial charge in [-0.25, -0.2) is 0 Å². The van der Waals surface area contributed by atoms with Gasteiger partial charge in [0.05, 0.1) is 0 Å². The molecule has 0 aliphatic rings. The zero-order valence-electron chi connectivity index (χ0n) is 7.36. The average molecular weight is 90.2 g/mol. The molecule has 6 heavy (non-hydrogen) atoms. The molecular weight excluding hydrogens is 74.1 g/mol. The lowest BCUT2D eigenvalue weighted by Gasteiger charge is -2.03. The third kappa shape index (κ3) is 3.96. The Balaban J connectivity index is 3.59. The molecule has 0 N–H and O–H groups in total. The van der Waals surface area contributed by atoms with Gasteiger partial charge in [0.25, 0.3) is 0 Å². The predicted molar refractivity (Wildman–Crippen MR) is 28.8 cm³/mol. The molecule has 0 aromatic rings. The maximum atomic E-state index is 6.90. The van der Waals surface area contributed by atoms with Crippen molar-refractivity contribution < 1.29 is 4.11 Å². The number of hydrogen-bond acceptors (Lipinski definition) is 1. The van der Waals surface area contributed by atoms with Gasteiger partial charge in [-0.1, -0.05) is 6.92 Å². The topological polar surface area (TPSA) is 3.24 Å². The van der Waals surface area contributed by atoms with Gasteiger partial charge in [-0.05, 0) is 27.0 Å². The summed E-state index contributed by atoms with van der Waals surface area (Å²) >= 11 is 0. The standard InChI is InChI=1S/C5H13N/c1-4-5-6(2)3/h4-5H2,1-3H3/i2D3. The zero-order chi connectivity index (χ0) is 7.49. The first-order valence-corrected chi connectivity index (χ1v) is 2.19. The highest BCUT2D eigenvalue weighted by Crippen LogP contribution is 1.76. The molecule has 0 saturated carbocycles. The first-order valence-electron chi connectivity index (χ1n) is 3.69. The average Bonchev–Trinajstić information content (AvgIpc) is 1.64. The van der Waals surface area contributed by atoms with Gasteiger partial charge >= 0.3 is 0 Å². The van der Waals surface area contributed by atoms with Gasteiger partial charge in [-0.15, -0.1) is 0 Å². The van der Waals surface area contributed by atoms with E-state index >= 15 is 0 Å². The Hall–Kier alpha value is -0.0400. The lowest BCUT2D eigenvalue weighted by molar-refractivity contribution is 0.408. The van der Waals surface area contributed by atoms with Crippen molar-refractivity contribution in [2.45, 2.75) is 13.3 Å². The Kier molecular flexibility index (Phi) is 1.22. The summed E-state index contributed by atoms with van der Waals surface area (Å²) < 4.78 is 20.7. The molecule has 0 rings (SSSR count). The molecule has 0 aliphatic heterocycles. The quantitative estimate of drug-likeness (QED) is 0.488. The minimum absolute atomic E-state index is 0.635. The molecule has 0 radical (unpaired) electrons. The third-order valence-corrected chi connectivity index (χ3v) is 0.559. The highest BCUT2D eigenvalue weighted by atomic mass is 15.0. The minimum atomic E-state index is -1.91. The van der Waals surface area contributed by atoms with Crippen molar-refractivity contribution in [1.29, 1.82) is 0 Å². The van der Waals surface area contributed by atoms with Crippen molar-refractivity contribution in [1.82, 2.24) is 4.90 Å². The maximum Gasteiger partial charge on any atom is 0.0394 e. The minimum Gasteiger partial charge on any atom is -0.309 e. The second-order valence-electron chi connectivity index (χ2n) is 1.42. The fraction of sp³-hybridized carbons (Fsp3) is 1.00. The van der Waals surface area contributed by atoms with Crippen LogP contribution in [0.25, 0.3) is 0 Å². The molecule has 0 aromatic carbocycles. The van der Waals surface area contributed by atoms with Crippen molar-refractivity contribution in [2.24, 2.45) is 0 Å². The zero-order valence-corrected chi connectivity index (χ0v) is 4.36. The van der Waals surface area contributed by atoms with Crippen molar-refractivity contribution >= 4 is 0 Å². The maximum absolute atomic E-state index is 6.90. The third-order valence-electron chi connectivity index (χ3n) is 0.559. The number of nitrogens with zero attached hydrogens (tertiary/aromatic N) is 1. The molecule has 38 valence electrons. The van der Waals surface area contributed by atoms with E-state index < -0.39 is 6.98 Å². The van der Waals surface area contributed by atoms with E-state index in [2.05, 4.69) is 0 Å². The summed E-state index contributed by atoms with van der Waals surface area (Å²) in [5, 5.41) is 0. The molecule has 0 aliphatic carbocycles. The van der Waals surface area contributed by atoms with E-state index in [4.69, 9.17) is 4.11 Å². The van der Waals surface area contributed by atoms with E-state index in [9.17, 15) is 0 Å². The Morgan fingerprint density at radius 2 is 2.50 bits per heavy atom. The van der Waals surface area contributed by atoms with Crippen LogP contribution >= 0.6 is 0 Å². The SMILES string of the molecule is [2H]C([2H])([2H])N(C)CCC. The summed E-state index contributed by atoms with van der Waals surface area (Å²) in [6.45, 7) is 0.689. The van der Waals surface area contributed by atoms with Crippen LogP contribution in [-0.2, 0) is 0 Å². The van der Waals surface area contributed by atoms with Crippen LogP contribution in [0.3, 0.4) is 0 Å². The van der Waals surface area contributed by atoms with Gasteiger partial charge in [0.2, 0.25) is 0 Å². The van der Waals surface area contributed by atoms with E-state index in [1.807, 2.05) is 6.92 Å². The Labute approximate surface area is 44.2 Å². The van der Waals surface area contributed by atoms with Crippen LogP contribution in [0.1, 0.15) is 17.5 Å². The summed E-state index contributed by atoms with van der Waals surface area (Å²) in [6.07, 6.45) is 0.884. The van der Waals surface area contributed by atoms with Gasteiger partial charge in [0.15, 0.2) is 0 Å². The van der Waals surface area contributed by atoms with Crippen LogP contribution < -0.4 is 0 Å². The Bertz CT molecular complexity index is 78.8. The molecule has 0 aromatic heterocycles. The smallest absolute Gasteiger partial charge is 0.0394 e. The molecule has 0 spiro atoms. The molecule has 1 nitrogen and oxygen atoms in total. The van der Waals surface area contributed by atoms with Gasteiger partial charge in [-0.3, -0.25) is 0 Å². The van der Waals surface area contributed by atoms with E-state index in [0.29, 0.717) is 6.54 Å². The van der Waals surface area contributed by atoms with Crippen LogP contribution in [0.2, 0.25) is 0 Å². The molecule has 0 fully saturated rings. The van der Waals surface area contributed by atoms with E-state index in [0.717, 1.165) is 6.42 Å². The molecule has 0 atom stereocenters. The molecule has 0 heterocycles. The fourth-order valence-corrected chi connectivity index (χ4v) is 0.335. The van der Waals surface area contributed by atoms with Gasteiger partial charge < -0.3 is 4.90 Å². The highest BCUT2D eigenvalue weighted by Gasteiger charge is 1.79. The van der Waals surface area contributed by atoms with Gasteiger partial charge in [-0.2, -0.15) is 0 Å². The van der Waals surface area contributed by atoms with Crippen molar-refractivity contribution in [2.75, 3.05) is 20.6 Å². The summed E-state index contributed by atoms with van der Waals surface area (Å²) in [5.41, 5.74) is 0. The van der Waals surface area contributed by atoms with E-state index in [1.165, 1.54) is 4.90 Å². The lowest BCUT2D eigenvalue weighted by atomic mass is 10.5. The number of rotatable bonds is 2. The van der Waals surface area contributed by atoms with E-state index in [-0.39, 0.29) is 0 Å². The van der Waals surface area contributed by atoms with Crippen LogP contribution in [-0.4, -0.2) is 25.5 Å². The van der Waals surface area contributed by atoms with Gasteiger partial charge in [0, 0.05) is 4.11 Å². The summed E-state index contributed by atoms with van der Waals surface area (Å²) in [6, 6.07) is 0. The summed E-state index contributed by atoms with van der Waals surface area (Å²) in [4.78, 5) is 1.37. The lowest BCUT2D eigenvalue weighted by Crippen LogP contribution is -2.11. The fourth-order valence-electron chi connectivity index (χ4n) is 0.335. The summed E-state index contributed by atoms with van der Waals surface area (Å²) in [7, 11) is 1.61. The molecule has 0 saturated heterocycles. The molecular formula is C5H13N. The molecule has 0 unspecified atom stereocenters. The first kappa shape index (κ1) is 2.31. The molecule has 1 heteroatoms. The highest BCUT2D eigenvalue weighted by molar-refractivity contribution is 4.34. The number of hydrogen-bond donors (Lipinski definition) is 0. The van der Waals surface area contributed by atoms with Gasteiger partial charge in [0.1, 0.15) is 0 Å². The molecule has 0 bridgehead atoms. The van der Waals surface area contributed by atoms with Crippen molar-refractivity contribution in [3.05, 3.63) is 0 Å². The second kappa shape index (κ2) is 3.16. The van der Waals surface area contributed by atoms with Crippen molar-refractivity contribution in [3.8, 4) is 0 Å². The summed E-state index contributed by atoms with van der Waals surface area (Å²) in [5.74, 6) is 0. The monoisotopic (exact) mass is 90.1 g/mol. The Morgan fingerprint density at radius 1 is 1.83 bits per heavy atom. The van der Waals surface area contributed by atoms with E-state index in [1.54, 1.807) is 7.05 Å². The van der Waals surface area contributed by atoms with Crippen LogP contribution in [0.4, 0.5) is 0 Å². The molecule has 0 amide bonds. The van der Waals surface area contributed by atoms with Crippen molar-refractivity contribution in [3.63, 3.8) is 0 Å². The Morgan fingerprint density at radius 3 is 2.67 bits per heavy atom. The first-order chi connectivity index (χ1) is 3.98. The largest absolute Gasteiger partial charge is 0.309 e. The van der Waals surface area contributed by atoms with Crippen LogP contribution in [0.15, 0.2) is 0 Å². The predicted octanol–water partition coefficient (Wildman–Crippen LogP) is 0.958. The normalized spacial score (nSPS) is 19.5. The van der Waals surface area contributed by atoms with Crippen LogP contribution in [0, 0.1) is 0 Å².